The van der Waals surface area contributed by atoms with Gasteiger partial charge in [-0.25, -0.2) is 0 Å². The summed E-state index contributed by atoms with van der Waals surface area (Å²) in [5, 5.41) is 10.9. The van der Waals surface area contributed by atoms with Crippen LogP contribution in [0.3, 0.4) is 0 Å². The van der Waals surface area contributed by atoms with Gasteiger partial charge in [0.05, 0.1) is 4.92 Å². The molecule has 0 bridgehead atoms. The molecule has 1 saturated heterocycles. The van der Waals surface area contributed by atoms with Gasteiger partial charge in [-0.1, -0.05) is 12.1 Å². The molecule has 0 N–H and O–H groups in total. The van der Waals surface area contributed by atoms with Gasteiger partial charge in [-0.3, -0.25) is 14.9 Å². The lowest BCUT2D eigenvalue weighted by molar-refractivity contribution is -0.385. The number of ether oxygens (including phenoxy) is 1. The average Bonchev–Trinajstić information content (AvgIpc) is 2.45. The van der Waals surface area contributed by atoms with Crippen LogP contribution < -0.4 is 4.74 Å². The molecule has 1 fully saturated rings. The van der Waals surface area contributed by atoms with E-state index in [1.165, 1.54) is 12.1 Å². The Hall–Kier alpha value is -2.11. The second-order valence-electron chi connectivity index (χ2n) is 5.44. The fraction of sp³-hybridized carbons (Fsp3) is 0.533. The first-order chi connectivity index (χ1) is 10.0. The number of para-hydroxylation sites is 2. The van der Waals surface area contributed by atoms with Crippen molar-refractivity contribution in [1.29, 1.82) is 0 Å². The molecule has 0 radical (unpaired) electrons. The van der Waals surface area contributed by atoms with Crippen LogP contribution in [0, 0.1) is 10.1 Å². The molecule has 1 aromatic carbocycles. The van der Waals surface area contributed by atoms with Crippen LogP contribution >= 0.6 is 0 Å². The average molecular weight is 292 g/mol. The predicted molar refractivity (Wildman–Crippen MR) is 78.2 cm³/mol. The standard InChI is InChI=1S/C15H20N2O4/c1-11-6-5-7-12(2)16(11)15(18)10-21-14-9-4-3-8-13(14)17(19)20/h3-4,8-9,11-12H,5-7,10H2,1-2H3. The van der Waals surface area contributed by atoms with Gasteiger partial charge in [0.15, 0.2) is 12.4 Å². The quantitative estimate of drug-likeness (QED) is 0.632. The van der Waals surface area contributed by atoms with Crippen molar-refractivity contribution in [2.75, 3.05) is 6.61 Å². The minimum atomic E-state index is -0.508. The highest BCUT2D eigenvalue weighted by molar-refractivity contribution is 5.78. The summed E-state index contributed by atoms with van der Waals surface area (Å²) in [6.45, 7) is 3.89. The van der Waals surface area contributed by atoms with Crippen LogP contribution in [0.5, 0.6) is 5.75 Å². The van der Waals surface area contributed by atoms with Crippen molar-refractivity contribution >= 4 is 11.6 Å². The van der Waals surface area contributed by atoms with Gasteiger partial charge in [-0.05, 0) is 39.2 Å². The third kappa shape index (κ3) is 3.51. The number of carbonyl (C=O) groups excluding carboxylic acids is 1. The van der Waals surface area contributed by atoms with Crippen LogP contribution in [0.2, 0.25) is 0 Å². The first kappa shape index (κ1) is 15.3. The normalized spacial score (nSPS) is 21.9. The maximum absolute atomic E-state index is 12.3. The molecular weight excluding hydrogens is 272 g/mol. The summed E-state index contributed by atoms with van der Waals surface area (Å²) < 4.78 is 5.38. The van der Waals surface area contributed by atoms with Crippen LogP contribution in [0.4, 0.5) is 5.69 Å². The van der Waals surface area contributed by atoms with Crippen LogP contribution in [0.1, 0.15) is 33.1 Å². The van der Waals surface area contributed by atoms with Crippen LogP contribution in [-0.4, -0.2) is 34.4 Å². The lowest BCUT2D eigenvalue weighted by Gasteiger charge is -2.38. The third-order valence-corrected chi connectivity index (χ3v) is 3.89. The minimum absolute atomic E-state index is 0.118. The number of nitro groups is 1. The van der Waals surface area contributed by atoms with Gasteiger partial charge in [0.25, 0.3) is 5.91 Å². The van der Waals surface area contributed by atoms with Gasteiger partial charge < -0.3 is 9.64 Å². The number of likely N-dealkylation sites (tertiary alicyclic amines) is 1. The van der Waals surface area contributed by atoms with Crippen molar-refractivity contribution in [3.8, 4) is 5.75 Å². The molecule has 1 aromatic rings. The number of nitro benzene ring substituents is 1. The van der Waals surface area contributed by atoms with Crippen molar-refractivity contribution < 1.29 is 14.5 Å². The van der Waals surface area contributed by atoms with E-state index in [0.29, 0.717) is 0 Å². The van der Waals surface area contributed by atoms with E-state index in [1.54, 1.807) is 12.1 Å². The SMILES string of the molecule is CC1CCCC(C)N1C(=O)COc1ccccc1[N+](=O)[O-]. The Kier molecular flexibility index (Phi) is 4.77. The summed E-state index contributed by atoms with van der Waals surface area (Å²) in [6, 6.07) is 6.48. The van der Waals surface area contributed by atoms with Gasteiger partial charge in [0, 0.05) is 18.2 Å². The van der Waals surface area contributed by atoms with Crippen molar-refractivity contribution in [3.63, 3.8) is 0 Å². The molecule has 1 aliphatic rings. The molecule has 6 heteroatoms. The zero-order chi connectivity index (χ0) is 15.4. The Labute approximate surface area is 123 Å². The molecule has 1 heterocycles. The van der Waals surface area contributed by atoms with E-state index in [2.05, 4.69) is 0 Å². The summed E-state index contributed by atoms with van der Waals surface area (Å²) in [4.78, 5) is 24.5. The van der Waals surface area contributed by atoms with E-state index in [-0.39, 0.29) is 36.0 Å². The molecule has 1 aliphatic heterocycles. The highest BCUT2D eigenvalue weighted by atomic mass is 16.6. The Bertz CT molecular complexity index is 522. The second kappa shape index (κ2) is 6.56. The highest BCUT2D eigenvalue weighted by Crippen LogP contribution is 2.27. The maximum Gasteiger partial charge on any atom is 0.310 e. The molecule has 21 heavy (non-hydrogen) atoms. The molecule has 0 spiro atoms. The Balaban J connectivity index is 2.02. The summed E-state index contributed by atoms with van der Waals surface area (Å²) >= 11 is 0. The van der Waals surface area contributed by atoms with Crippen molar-refractivity contribution in [2.24, 2.45) is 0 Å². The number of nitrogens with zero attached hydrogens (tertiary/aromatic N) is 2. The zero-order valence-corrected chi connectivity index (χ0v) is 12.3. The van der Waals surface area contributed by atoms with E-state index in [4.69, 9.17) is 4.74 Å². The fourth-order valence-electron chi connectivity index (χ4n) is 2.86. The first-order valence-electron chi connectivity index (χ1n) is 7.18. The minimum Gasteiger partial charge on any atom is -0.477 e. The monoisotopic (exact) mass is 292 g/mol. The Morgan fingerprint density at radius 1 is 1.33 bits per heavy atom. The molecule has 2 atom stereocenters. The number of rotatable bonds is 4. The summed E-state index contributed by atoms with van der Waals surface area (Å²) in [6.07, 6.45) is 3.10. The smallest absolute Gasteiger partial charge is 0.310 e. The van der Waals surface area contributed by atoms with E-state index in [1.807, 2.05) is 18.7 Å². The number of amides is 1. The van der Waals surface area contributed by atoms with E-state index in [9.17, 15) is 14.9 Å². The lowest BCUT2D eigenvalue weighted by Crippen LogP contribution is -2.49. The molecule has 6 nitrogen and oxygen atoms in total. The molecule has 2 unspecified atom stereocenters. The summed E-state index contributed by atoms with van der Waals surface area (Å²) in [5.74, 6) is 0.0148. The Morgan fingerprint density at radius 3 is 2.57 bits per heavy atom. The van der Waals surface area contributed by atoms with Crippen molar-refractivity contribution in [2.45, 2.75) is 45.2 Å². The fourth-order valence-corrected chi connectivity index (χ4v) is 2.86. The summed E-state index contributed by atoms with van der Waals surface area (Å²) in [5.41, 5.74) is -0.120. The van der Waals surface area contributed by atoms with Crippen LogP contribution in [0.25, 0.3) is 0 Å². The molecule has 0 aromatic heterocycles. The van der Waals surface area contributed by atoms with E-state index < -0.39 is 4.92 Å². The topological polar surface area (TPSA) is 72.7 Å². The van der Waals surface area contributed by atoms with Crippen LogP contribution in [0.15, 0.2) is 24.3 Å². The third-order valence-electron chi connectivity index (χ3n) is 3.89. The molecule has 114 valence electrons. The highest BCUT2D eigenvalue weighted by Gasteiger charge is 2.29. The van der Waals surface area contributed by atoms with Crippen LogP contribution in [-0.2, 0) is 4.79 Å². The van der Waals surface area contributed by atoms with E-state index in [0.717, 1.165) is 19.3 Å². The lowest BCUT2D eigenvalue weighted by atomic mass is 9.97. The molecule has 0 saturated carbocycles. The number of piperidine rings is 1. The number of carbonyl (C=O) groups is 1. The molecular formula is C15H20N2O4. The number of hydrogen-bond acceptors (Lipinski definition) is 4. The maximum atomic E-state index is 12.3. The van der Waals surface area contributed by atoms with Crippen molar-refractivity contribution in [3.05, 3.63) is 34.4 Å². The van der Waals surface area contributed by atoms with Gasteiger partial charge in [0.1, 0.15) is 0 Å². The van der Waals surface area contributed by atoms with Gasteiger partial charge in [-0.2, -0.15) is 0 Å². The second-order valence-corrected chi connectivity index (χ2v) is 5.44. The summed E-state index contributed by atoms with van der Waals surface area (Å²) in [7, 11) is 0. The molecule has 1 amide bonds. The van der Waals surface area contributed by atoms with Gasteiger partial charge in [0.2, 0.25) is 0 Å². The first-order valence-corrected chi connectivity index (χ1v) is 7.18. The number of benzene rings is 1. The number of hydrogen-bond donors (Lipinski definition) is 0. The van der Waals surface area contributed by atoms with Crippen molar-refractivity contribution in [1.82, 2.24) is 4.90 Å². The molecule has 2 rings (SSSR count). The van der Waals surface area contributed by atoms with Gasteiger partial charge >= 0.3 is 5.69 Å². The van der Waals surface area contributed by atoms with Gasteiger partial charge in [-0.15, -0.1) is 0 Å². The molecule has 0 aliphatic carbocycles. The Morgan fingerprint density at radius 2 is 1.95 bits per heavy atom. The zero-order valence-electron chi connectivity index (χ0n) is 12.3. The largest absolute Gasteiger partial charge is 0.477 e. The van der Waals surface area contributed by atoms with E-state index >= 15 is 0 Å². The predicted octanol–water partition coefficient (Wildman–Crippen LogP) is 2.76.